The summed E-state index contributed by atoms with van der Waals surface area (Å²) in [5, 5.41) is 17.8. The number of aliphatic hydroxyl groups is 1. The number of nitrogens with zero attached hydrogens (tertiary/aromatic N) is 6. The van der Waals surface area contributed by atoms with E-state index in [0.717, 1.165) is 5.56 Å². The predicted octanol–water partition coefficient (Wildman–Crippen LogP) is 2.62. The molecule has 3 aromatic heterocycles. The van der Waals surface area contributed by atoms with Crippen molar-refractivity contribution < 1.29 is 23.0 Å². The van der Waals surface area contributed by atoms with E-state index in [1.54, 1.807) is 37.5 Å². The fraction of sp³-hybridized carbons (Fsp3) is 0.292. The Morgan fingerprint density at radius 3 is 2.30 bits per heavy atom. The zero-order chi connectivity index (χ0) is 26.7. The number of ether oxygens (including phenoxy) is 2. The Labute approximate surface area is 214 Å². The number of rotatable bonds is 9. The summed E-state index contributed by atoms with van der Waals surface area (Å²) in [5.74, 6) is 0.955. The number of hydrogen-bond acceptors (Lipinski definition) is 10. The van der Waals surface area contributed by atoms with E-state index in [-0.39, 0.29) is 11.6 Å². The molecule has 0 aliphatic carbocycles. The van der Waals surface area contributed by atoms with Crippen molar-refractivity contribution in [3.63, 3.8) is 0 Å². The van der Waals surface area contributed by atoms with E-state index in [9.17, 15) is 13.5 Å². The molecule has 0 aliphatic rings. The summed E-state index contributed by atoms with van der Waals surface area (Å²) in [6.45, 7) is 4.98. The molecule has 3 heterocycles. The Morgan fingerprint density at radius 2 is 1.70 bits per heavy atom. The van der Waals surface area contributed by atoms with Gasteiger partial charge in [0, 0.05) is 24.2 Å². The summed E-state index contributed by atoms with van der Waals surface area (Å²) in [6.07, 6.45) is 4.64. The van der Waals surface area contributed by atoms with Gasteiger partial charge in [-0.25, -0.2) is 8.42 Å². The summed E-state index contributed by atoms with van der Waals surface area (Å²) >= 11 is 0. The molecular weight excluding hydrogens is 498 g/mol. The van der Waals surface area contributed by atoms with Crippen LogP contribution >= 0.6 is 0 Å². The summed E-state index contributed by atoms with van der Waals surface area (Å²) in [6, 6.07) is 6.99. The smallest absolute Gasteiger partial charge is 0.243 e. The number of sulfonamides is 1. The number of para-hydroxylation sites is 1. The molecule has 0 bridgehead atoms. The fourth-order valence-electron chi connectivity index (χ4n) is 3.66. The van der Waals surface area contributed by atoms with E-state index in [4.69, 9.17) is 9.47 Å². The maximum atomic E-state index is 13.4. The highest BCUT2D eigenvalue weighted by atomic mass is 32.2. The Balaban J connectivity index is 1.83. The Bertz CT molecular complexity index is 1480. The van der Waals surface area contributed by atoms with E-state index in [1.807, 2.05) is 13.0 Å². The number of methoxy groups -OCH3 is 2. The molecule has 0 saturated heterocycles. The van der Waals surface area contributed by atoms with Crippen LogP contribution in [0.4, 0.5) is 5.95 Å². The van der Waals surface area contributed by atoms with Gasteiger partial charge in [0.15, 0.2) is 5.82 Å². The van der Waals surface area contributed by atoms with Crippen LogP contribution in [-0.2, 0) is 10.0 Å². The van der Waals surface area contributed by atoms with Crippen molar-refractivity contribution in [2.45, 2.75) is 32.1 Å². The highest BCUT2D eigenvalue weighted by Gasteiger charge is 2.33. The van der Waals surface area contributed by atoms with Crippen LogP contribution in [-0.4, -0.2) is 62.7 Å². The van der Waals surface area contributed by atoms with Crippen molar-refractivity contribution in [1.82, 2.24) is 29.7 Å². The van der Waals surface area contributed by atoms with E-state index < -0.39 is 21.4 Å². The molecule has 0 radical (unpaired) electrons. The number of pyridine rings is 1. The lowest BCUT2D eigenvalue weighted by molar-refractivity contribution is 0.171. The van der Waals surface area contributed by atoms with Crippen molar-refractivity contribution in [3.8, 4) is 28.6 Å². The fourth-order valence-corrected chi connectivity index (χ4v) is 4.72. The first-order chi connectivity index (χ1) is 17.7. The predicted molar refractivity (Wildman–Crippen MR) is 136 cm³/mol. The van der Waals surface area contributed by atoms with Crippen molar-refractivity contribution >= 4 is 16.0 Å². The number of nitrogens with one attached hydrogen (secondary N) is 1. The lowest BCUT2D eigenvalue weighted by Gasteiger charge is -2.21. The number of anilines is 1. The number of benzene rings is 1. The average Bonchev–Trinajstić information content (AvgIpc) is 3.29. The maximum absolute atomic E-state index is 13.4. The average molecular weight is 526 g/mol. The number of aromatic nitrogens is 6. The minimum absolute atomic E-state index is 0.128. The van der Waals surface area contributed by atoms with Crippen LogP contribution in [0.5, 0.6) is 11.5 Å². The largest absolute Gasteiger partial charge is 0.494 e. The molecule has 0 amide bonds. The van der Waals surface area contributed by atoms with E-state index in [0.29, 0.717) is 34.3 Å². The number of aliphatic hydroxyl groups excluding tert-OH is 1. The molecule has 0 unspecified atom stereocenters. The van der Waals surface area contributed by atoms with Crippen molar-refractivity contribution in [2.24, 2.45) is 0 Å². The van der Waals surface area contributed by atoms with Gasteiger partial charge in [0.05, 0.1) is 31.8 Å². The zero-order valence-corrected chi connectivity index (χ0v) is 21.8. The first-order valence-corrected chi connectivity index (χ1v) is 12.8. The van der Waals surface area contributed by atoms with Crippen molar-refractivity contribution in [2.75, 3.05) is 18.9 Å². The van der Waals surface area contributed by atoms with Gasteiger partial charge in [0.2, 0.25) is 16.0 Å². The molecule has 37 heavy (non-hydrogen) atoms. The molecule has 4 aromatic rings. The Morgan fingerprint density at radius 1 is 1.00 bits per heavy atom. The quantitative estimate of drug-likeness (QED) is 0.333. The minimum atomic E-state index is -4.21. The molecule has 194 valence electrons. The van der Waals surface area contributed by atoms with Crippen LogP contribution < -0.4 is 14.2 Å². The molecular formula is C24H27N7O5S. The van der Waals surface area contributed by atoms with Gasteiger partial charge in [0.25, 0.3) is 0 Å². The number of hydrogen-bond donors (Lipinski definition) is 2. The van der Waals surface area contributed by atoms with Gasteiger partial charge in [0.1, 0.15) is 28.5 Å². The maximum Gasteiger partial charge on any atom is 0.243 e. The highest BCUT2D eigenvalue weighted by Crippen LogP contribution is 2.38. The van der Waals surface area contributed by atoms with Crippen LogP contribution in [0.15, 0.2) is 49.1 Å². The summed E-state index contributed by atoms with van der Waals surface area (Å²) in [4.78, 5) is 12.4. The van der Waals surface area contributed by atoms with Crippen LogP contribution in [0, 0.1) is 13.8 Å². The molecule has 12 nitrogen and oxygen atoms in total. The molecule has 2 atom stereocenters. The van der Waals surface area contributed by atoms with Gasteiger partial charge in [-0.15, -0.1) is 10.2 Å². The van der Waals surface area contributed by atoms with E-state index in [2.05, 4.69) is 29.9 Å². The second kappa shape index (κ2) is 10.5. The Kier molecular flexibility index (Phi) is 7.36. The van der Waals surface area contributed by atoms with E-state index in [1.165, 1.54) is 38.1 Å². The SMILES string of the molecule is COc1cccc(OC)c1-n1c(NS(=O)(=O)[C@@H](C)[C@@H](O)c2cnc(C)cn2)nnc1-c1cncc(C)c1. The third-order valence-corrected chi connectivity index (χ3v) is 7.40. The van der Waals surface area contributed by atoms with Crippen LogP contribution in [0.3, 0.4) is 0 Å². The second-order valence-corrected chi connectivity index (χ2v) is 10.4. The lowest BCUT2D eigenvalue weighted by Crippen LogP contribution is -2.32. The van der Waals surface area contributed by atoms with Crippen LogP contribution in [0.1, 0.15) is 30.0 Å². The molecule has 1 aromatic carbocycles. The summed E-state index contributed by atoms with van der Waals surface area (Å²) < 4.78 is 41.9. The van der Waals surface area contributed by atoms with Gasteiger partial charge in [-0.3, -0.25) is 24.2 Å². The first-order valence-electron chi connectivity index (χ1n) is 11.2. The molecule has 0 aliphatic heterocycles. The van der Waals surface area contributed by atoms with Crippen molar-refractivity contribution in [1.29, 1.82) is 0 Å². The first kappa shape index (κ1) is 26.0. The van der Waals surface area contributed by atoms with Crippen LogP contribution in [0.25, 0.3) is 17.1 Å². The monoisotopic (exact) mass is 525 g/mol. The molecule has 4 rings (SSSR count). The molecule has 13 heteroatoms. The van der Waals surface area contributed by atoms with Gasteiger partial charge in [-0.1, -0.05) is 6.07 Å². The van der Waals surface area contributed by atoms with Crippen molar-refractivity contribution in [3.05, 3.63) is 66.0 Å². The zero-order valence-electron chi connectivity index (χ0n) is 20.9. The third-order valence-electron chi connectivity index (χ3n) is 5.69. The standard InChI is InChI=1S/C24H27N7O5S/c1-14-9-17(12-25-10-14)23-28-29-24(31(23)21-19(35-4)7-6-8-20(21)36-5)30-37(33,34)16(3)22(32)18-13-26-15(2)11-27-18/h6-13,16,22,32H,1-5H3,(H,29,30)/t16-,22+/m0/s1. The lowest BCUT2D eigenvalue weighted by atomic mass is 10.2. The topological polar surface area (TPSA) is 154 Å². The minimum Gasteiger partial charge on any atom is -0.494 e. The summed E-state index contributed by atoms with van der Waals surface area (Å²) in [5.41, 5.74) is 2.61. The van der Waals surface area contributed by atoms with Gasteiger partial charge < -0.3 is 14.6 Å². The Hall–Kier alpha value is -4.10. The molecule has 0 spiro atoms. The normalized spacial score (nSPS) is 13.1. The van der Waals surface area contributed by atoms with Gasteiger partial charge in [-0.05, 0) is 44.5 Å². The molecule has 0 saturated carbocycles. The highest BCUT2D eigenvalue weighted by molar-refractivity contribution is 7.93. The third kappa shape index (κ3) is 5.22. The summed E-state index contributed by atoms with van der Waals surface area (Å²) in [7, 11) is -1.23. The molecule has 0 fully saturated rings. The van der Waals surface area contributed by atoms with Gasteiger partial charge in [-0.2, -0.15) is 0 Å². The number of aryl methyl sites for hydroxylation is 2. The van der Waals surface area contributed by atoms with Gasteiger partial charge >= 0.3 is 0 Å². The second-order valence-electron chi connectivity index (χ2n) is 8.32. The van der Waals surface area contributed by atoms with Crippen LogP contribution in [0.2, 0.25) is 0 Å². The van der Waals surface area contributed by atoms with E-state index >= 15 is 0 Å². The molecule has 2 N–H and O–H groups in total.